The van der Waals surface area contributed by atoms with Crippen molar-refractivity contribution in [1.82, 2.24) is 4.98 Å². The predicted molar refractivity (Wildman–Crippen MR) is 61.3 cm³/mol. The second-order valence-corrected chi connectivity index (χ2v) is 3.95. The van der Waals surface area contributed by atoms with Gasteiger partial charge >= 0.3 is 5.43 Å². The number of ether oxygens (including phenoxy) is 1. The van der Waals surface area contributed by atoms with Crippen LogP contribution in [0.1, 0.15) is 0 Å². The molecule has 0 amide bonds. The van der Waals surface area contributed by atoms with Gasteiger partial charge in [0.25, 0.3) is 0 Å². The first kappa shape index (κ1) is 10.4. The molecule has 0 aliphatic rings. The van der Waals surface area contributed by atoms with Crippen molar-refractivity contribution in [3.05, 3.63) is 34.9 Å². The highest BCUT2D eigenvalue weighted by molar-refractivity contribution is 9.10. The molecule has 2 rings (SSSR count). The number of benzene rings is 1. The highest BCUT2D eigenvalue weighted by atomic mass is 79.9. The van der Waals surface area contributed by atoms with Gasteiger partial charge < -0.3 is 4.74 Å². The van der Waals surface area contributed by atoms with Gasteiger partial charge in [-0.15, -0.1) is 0 Å². The quantitative estimate of drug-likeness (QED) is 0.750. The normalized spacial score (nSPS) is 10.3. The molecule has 0 unspecified atom stereocenters. The zero-order chi connectivity index (χ0) is 10.8. The van der Waals surface area contributed by atoms with E-state index in [1.165, 1.54) is 0 Å². The van der Waals surface area contributed by atoms with Gasteiger partial charge in [-0.05, 0) is 40.2 Å². The molecule has 0 atom stereocenters. The highest BCUT2D eigenvalue weighted by Gasteiger charge is 2.08. The van der Waals surface area contributed by atoms with Gasteiger partial charge in [0.05, 0.1) is 5.52 Å². The summed E-state index contributed by atoms with van der Waals surface area (Å²) < 4.78 is 5.69. The van der Waals surface area contributed by atoms with Crippen LogP contribution in [0.15, 0.2) is 34.9 Å². The van der Waals surface area contributed by atoms with Gasteiger partial charge in [0.2, 0.25) is 0 Å². The molecule has 0 saturated heterocycles. The summed E-state index contributed by atoms with van der Waals surface area (Å²) in [6, 6.07) is 6.99. The Morgan fingerprint density at radius 1 is 1.40 bits per heavy atom. The third kappa shape index (κ3) is 2.11. The molecule has 3 nitrogen and oxygen atoms in total. The van der Waals surface area contributed by atoms with E-state index in [-0.39, 0.29) is 0 Å². The Morgan fingerprint density at radius 2 is 2.20 bits per heavy atom. The van der Waals surface area contributed by atoms with Crippen molar-refractivity contribution in [2.45, 2.75) is 0 Å². The minimum absolute atomic E-state index is 0.404. The van der Waals surface area contributed by atoms with Crippen molar-refractivity contribution in [2.75, 3.05) is 0 Å². The van der Waals surface area contributed by atoms with Gasteiger partial charge in [-0.3, -0.25) is 4.98 Å². The summed E-state index contributed by atoms with van der Waals surface area (Å²) in [5.74, 6) is 0.404. The van der Waals surface area contributed by atoms with E-state index in [9.17, 15) is 4.79 Å². The Kier molecular flexibility index (Phi) is 2.88. The first-order valence-corrected chi connectivity index (χ1v) is 5.26. The third-order valence-electron chi connectivity index (χ3n) is 1.87. The minimum Gasteiger partial charge on any atom is -0.414 e. The lowest BCUT2D eigenvalue weighted by molar-refractivity contribution is 0.226. The van der Waals surface area contributed by atoms with Crippen molar-refractivity contribution < 1.29 is 9.53 Å². The maximum atomic E-state index is 10.7. The van der Waals surface area contributed by atoms with Crippen LogP contribution in [-0.4, -0.2) is 10.4 Å². The topological polar surface area (TPSA) is 39.2 Å². The van der Waals surface area contributed by atoms with Gasteiger partial charge in [-0.25, -0.2) is 4.79 Å². The summed E-state index contributed by atoms with van der Waals surface area (Å²) in [4.78, 5) is 14.8. The van der Waals surface area contributed by atoms with Crippen LogP contribution in [0.2, 0.25) is 0 Å². The van der Waals surface area contributed by atoms with E-state index in [4.69, 9.17) is 16.3 Å². The monoisotopic (exact) mass is 285 g/mol. The summed E-state index contributed by atoms with van der Waals surface area (Å²) in [7, 11) is 0. The number of halogens is 2. The van der Waals surface area contributed by atoms with Crippen LogP contribution in [0.3, 0.4) is 0 Å². The molecular weight excluding hydrogens is 281 g/mol. The molecule has 0 saturated carbocycles. The molecule has 0 N–H and O–H groups in total. The molecule has 0 bridgehead atoms. The van der Waals surface area contributed by atoms with E-state index in [1.807, 2.05) is 6.07 Å². The van der Waals surface area contributed by atoms with E-state index >= 15 is 0 Å². The first-order chi connectivity index (χ1) is 7.18. The number of carbonyl (C=O) groups excluding carboxylic acids is 1. The van der Waals surface area contributed by atoms with E-state index < -0.39 is 5.43 Å². The molecule has 2 aromatic rings. The second kappa shape index (κ2) is 4.16. The maximum absolute atomic E-state index is 10.7. The van der Waals surface area contributed by atoms with Crippen LogP contribution in [0.4, 0.5) is 4.79 Å². The predicted octanol–water partition coefficient (Wildman–Crippen LogP) is 3.73. The highest BCUT2D eigenvalue weighted by Crippen LogP contribution is 2.30. The number of rotatable bonds is 1. The van der Waals surface area contributed by atoms with Crippen LogP contribution in [-0.2, 0) is 0 Å². The number of fused-ring (bicyclic) bond motifs is 1. The van der Waals surface area contributed by atoms with E-state index in [0.717, 1.165) is 15.4 Å². The Morgan fingerprint density at radius 3 is 2.93 bits per heavy atom. The third-order valence-corrected chi connectivity index (χ3v) is 2.59. The van der Waals surface area contributed by atoms with Crippen molar-refractivity contribution >= 4 is 43.9 Å². The average molecular weight is 287 g/mol. The molecule has 5 heteroatoms. The molecule has 76 valence electrons. The van der Waals surface area contributed by atoms with Crippen molar-refractivity contribution in [3.63, 3.8) is 0 Å². The summed E-state index contributed by atoms with van der Waals surface area (Å²) in [6.45, 7) is 0. The number of hydrogen-bond donors (Lipinski definition) is 0. The van der Waals surface area contributed by atoms with E-state index in [2.05, 4.69) is 20.9 Å². The minimum atomic E-state index is -0.859. The van der Waals surface area contributed by atoms with Crippen LogP contribution in [0, 0.1) is 0 Å². The molecule has 0 aliphatic heterocycles. The van der Waals surface area contributed by atoms with Crippen LogP contribution in [0.5, 0.6) is 5.75 Å². The zero-order valence-corrected chi connectivity index (χ0v) is 9.75. The fourth-order valence-corrected chi connectivity index (χ4v) is 1.82. The van der Waals surface area contributed by atoms with Crippen LogP contribution in [0.25, 0.3) is 10.9 Å². The van der Waals surface area contributed by atoms with Gasteiger partial charge in [-0.2, -0.15) is 0 Å². The lowest BCUT2D eigenvalue weighted by Crippen LogP contribution is -1.97. The summed E-state index contributed by atoms with van der Waals surface area (Å²) in [5.41, 5.74) is -0.129. The van der Waals surface area contributed by atoms with Gasteiger partial charge in [0.15, 0.2) is 0 Å². The molecule has 0 spiro atoms. The molecule has 0 fully saturated rings. The molecular formula is C10H5BrClNO2. The number of aromatic nitrogens is 1. The second-order valence-electron chi connectivity index (χ2n) is 2.78. The molecule has 0 aliphatic carbocycles. The molecule has 1 aromatic carbocycles. The average Bonchev–Trinajstić information content (AvgIpc) is 2.22. The SMILES string of the molecule is O=C(Cl)Oc1ccc(Br)c2ncccc12. The maximum Gasteiger partial charge on any atom is 0.409 e. The van der Waals surface area contributed by atoms with Gasteiger partial charge in [-0.1, -0.05) is 0 Å². The lowest BCUT2D eigenvalue weighted by Gasteiger charge is -2.05. The van der Waals surface area contributed by atoms with Crippen LogP contribution >= 0.6 is 27.5 Å². The largest absolute Gasteiger partial charge is 0.414 e. The lowest BCUT2D eigenvalue weighted by atomic mass is 10.2. The summed E-state index contributed by atoms with van der Waals surface area (Å²) >= 11 is 8.52. The molecule has 1 aromatic heterocycles. The van der Waals surface area contributed by atoms with E-state index in [1.54, 1.807) is 24.4 Å². The van der Waals surface area contributed by atoms with Gasteiger partial charge in [0.1, 0.15) is 5.75 Å². The van der Waals surface area contributed by atoms with Crippen molar-refractivity contribution in [1.29, 1.82) is 0 Å². The Bertz CT molecular complexity index is 530. The Balaban J connectivity index is 2.66. The van der Waals surface area contributed by atoms with Gasteiger partial charge in [0, 0.05) is 27.7 Å². The van der Waals surface area contributed by atoms with Crippen molar-refractivity contribution in [3.8, 4) is 5.75 Å². The van der Waals surface area contributed by atoms with E-state index in [0.29, 0.717) is 5.75 Å². The standard InChI is InChI=1S/C10H5BrClNO2/c11-7-3-4-8(15-10(12)14)6-2-1-5-13-9(6)7/h1-5H. The first-order valence-electron chi connectivity index (χ1n) is 4.09. The molecule has 0 radical (unpaired) electrons. The zero-order valence-electron chi connectivity index (χ0n) is 7.41. The fraction of sp³-hybridized carbons (Fsp3) is 0. The number of nitrogens with zero attached hydrogens (tertiary/aromatic N) is 1. The molecule has 15 heavy (non-hydrogen) atoms. The van der Waals surface area contributed by atoms with Crippen molar-refractivity contribution in [2.24, 2.45) is 0 Å². The van der Waals surface area contributed by atoms with Crippen LogP contribution < -0.4 is 4.74 Å². The fourth-order valence-electron chi connectivity index (χ4n) is 1.29. The number of pyridine rings is 1. The molecule has 1 heterocycles. The summed E-state index contributed by atoms with van der Waals surface area (Å²) in [6.07, 6.45) is 1.67. The smallest absolute Gasteiger partial charge is 0.409 e. The Hall–Kier alpha value is -1.13. The summed E-state index contributed by atoms with van der Waals surface area (Å²) in [5, 5.41) is 0.737. The number of carbonyl (C=O) groups is 1. The number of hydrogen-bond acceptors (Lipinski definition) is 3. The Labute approximate surface area is 99.1 Å².